The van der Waals surface area contributed by atoms with Gasteiger partial charge >= 0.3 is 17.9 Å². The fourth-order valence-corrected chi connectivity index (χ4v) is 6.51. The third-order valence-electron chi connectivity index (χ3n) is 10.2. The van der Waals surface area contributed by atoms with Crippen LogP contribution in [0.4, 0.5) is 0 Å². The highest BCUT2D eigenvalue weighted by Crippen LogP contribution is 2.19. The highest BCUT2D eigenvalue weighted by Gasteiger charge is 2.27. The van der Waals surface area contributed by atoms with Gasteiger partial charge in [-0.3, -0.25) is 19.2 Å². The van der Waals surface area contributed by atoms with Crippen molar-refractivity contribution in [2.45, 2.75) is 206 Å². The smallest absolute Gasteiger partial charge is 0.344 e. The zero-order valence-corrected chi connectivity index (χ0v) is 36.7. The Morgan fingerprint density at radius 2 is 0.897 bits per heavy atom. The predicted octanol–water partition coefficient (Wildman–Crippen LogP) is 7.38. The second-order valence-corrected chi connectivity index (χ2v) is 15.5. The third kappa shape index (κ3) is 36.3. The lowest BCUT2D eigenvalue weighted by molar-refractivity contribution is -0.165. The summed E-state index contributed by atoms with van der Waals surface area (Å²) in [6, 6.07) is -0.880. The maximum Gasteiger partial charge on any atom is 0.344 e. The molecule has 0 amide bonds. The highest BCUT2D eigenvalue weighted by atomic mass is 16.7. The number of allylic oxidation sites excluding steroid dienone is 2. The number of hydrogen-bond donors (Lipinski definition) is 6. The summed E-state index contributed by atoms with van der Waals surface area (Å²) in [4.78, 5) is 74.4. The molecule has 0 spiro atoms. The topological polar surface area (TPSA) is 255 Å². The van der Waals surface area contributed by atoms with Crippen molar-refractivity contribution >= 4 is 29.5 Å². The van der Waals surface area contributed by atoms with Crippen LogP contribution in [0.25, 0.3) is 0 Å². The summed E-state index contributed by atoms with van der Waals surface area (Å²) < 4.78 is 0. The van der Waals surface area contributed by atoms with Crippen LogP contribution in [0.3, 0.4) is 0 Å². The first-order chi connectivity index (χ1) is 28.1. The van der Waals surface area contributed by atoms with Crippen LogP contribution in [0, 0.1) is 11.8 Å². The third-order valence-corrected chi connectivity index (χ3v) is 10.2. The van der Waals surface area contributed by atoms with Gasteiger partial charge in [-0.1, -0.05) is 109 Å². The molecule has 0 radical (unpaired) electrons. The van der Waals surface area contributed by atoms with E-state index >= 15 is 0 Å². The van der Waals surface area contributed by atoms with Crippen molar-refractivity contribution in [3.05, 3.63) is 12.2 Å². The summed E-state index contributed by atoms with van der Waals surface area (Å²) in [5, 5.41) is 0. The number of hydrogen-bond acceptors (Lipinski definition) is 14. The lowest BCUT2D eigenvalue weighted by atomic mass is 9.94. The Morgan fingerprint density at radius 1 is 0.483 bits per heavy atom. The van der Waals surface area contributed by atoms with Crippen molar-refractivity contribution < 1.29 is 38.5 Å². The van der Waals surface area contributed by atoms with Gasteiger partial charge in [0.25, 0.3) is 0 Å². The van der Waals surface area contributed by atoms with Gasteiger partial charge in [0.15, 0.2) is 0 Å². The average molecular weight is 827 g/mol. The summed E-state index contributed by atoms with van der Waals surface area (Å²) in [6.45, 7) is 6.03. The van der Waals surface area contributed by atoms with Crippen molar-refractivity contribution in [1.82, 2.24) is 5.48 Å². The van der Waals surface area contributed by atoms with E-state index in [1.54, 1.807) is 0 Å². The molecule has 58 heavy (non-hydrogen) atoms. The zero-order valence-electron chi connectivity index (χ0n) is 36.7. The molecule has 0 aromatic rings. The lowest BCUT2D eigenvalue weighted by Crippen LogP contribution is -2.41. The summed E-state index contributed by atoms with van der Waals surface area (Å²) in [5.74, 6) is 7.36. The lowest BCUT2D eigenvalue weighted by Gasteiger charge is -2.19. The normalized spacial score (nSPS) is 12.7. The molecule has 340 valence electrons. The molecule has 14 heteroatoms. The Morgan fingerprint density at radius 3 is 1.38 bits per heavy atom. The van der Waals surface area contributed by atoms with Crippen molar-refractivity contribution in [3.63, 3.8) is 0 Å². The van der Waals surface area contributed by atoms with E-state index in [0.717, 1.165) is 57.8 Å². The fraction of sp³-hybridized carbons (Fsp3) is 0.841. The van der Waals surface area contributed by atoms with Gasteiger partial charge in [0.1, 0.15) is 17.6 Å². The SMILES string of the molecule is CCCCCC/C=C\CCCC(=O)CC(CCCCN)C(=O)ONC(CCCCN)C(=O)ON.CCCCCCCCCCCC(=O)CC(CCCCN)C(=O)ON. The molecule has 0 rings (SSSR count). The standard InChI is InChI=1S/C25H48N4O5.C19H38N2O3/c1-2-3-4-5-6-7-8-9-10-16-22(30)20-21(15-11-13-18-26)24(31)34-29-23(25(32)33-28)17-12-14-19-27;1-2-3-4-5-6-7-8-9-10-14-18(22)16-17(19(23)24-21)13-11-12-15-20/h7-8,21,23,29H,2-6,9-20,26-28H2,1H3;17H,2-16,20-21H2,1H3/b8-7-;. The first-order valence-electron chi connectivity index (χ1n) is 22.7. The molecule has 11 N–H and O–H groups in total. The quantitative estimate of drug-likeness (QED) is 0.0200. The van der Waals surface area contributed by atoms with Crippen molar-refractivity contribution in [3.8, 4) is 0 Å². The van der Waals surface area contributed by atoms with Gasteiger partial charge in [0, 0.05) is 25.7 Å². The second kappa shape index (κ2) is 43.8. The first-order valence-corrected chi connectivity index (χ1v) is 22.7. The van der Waals surface area contributed by atoms with Crippen LogP contribution in [0.2, 0.25) is 0 Å². The second-order valence-electron chi connectivity index (χ2n) is 15.5. The number of nitrogens with one attached hydrogen (secondary N) is 1. The van der Waals surface area contributed by atoms with Crippen LogP contribution < -0.4 is 34.5 Å². The molecule has 0 saturated carbocycles. The van der Waals surface area contributed by atoms with Crippen LogP contribution in [0.15, 0.2) is 12.2 Å². The molecule has 0 aliphatic carbocycles. The van der Waals surface area contributed by atoms with E-state index in [1.807, 2.05) is 0 Å². The van der Waals surface area contributed by atoms with Gasteiger partial charge in [0.2, 0.25) is 0 Å². The Balaban J connectivity index is 0. The molecular formula is C44H86N6O8. The molecular weight excluding hydrogens is 741 g/mol. The molecule has 3 unspecified atom stereocenters. The van der Waals surface area contributed by atoms with E-state index in [0.29, 0.717) is 64.6 Å². The van der Waals surface area contributed by atoms with Crippen molar-refractivity contribution in [2.75, 3.05) is 19.6 Å². The molecule has 0 aliphatic rings. The maximum absolute atomic E-state index is 12.7. The molecule has 0 fully saturated rings. The van der Waals surface area contributed by atoms with E-state index in [4.69, 9.17) is 33.8 Å². The highest BCUT2D eigenvalue weighted by molar-refractivity contribution is 5.85. The van der Waals surface area contributed by atoms with E-state index in [1.165, 1.54) is 70.6 Å². The summed E-state index contributed by atoms with van der Waals surface area (Å²) in [6.07, 6.45) is 30.4. The first kappa shape index (κ1) is 57.3. The van der Waals surface area contributed by atoms with Crippen LogP contribution in [-0.4, -0.2) is 55.2 Å². The van der Waals surface area contributed by atoms with Crippen LogP contribution >= 0.6 is 0 Å². The minimum absolute atomic E-state index is 0.0342. The molecule has 0 heterocycles. The maximum atomic E-state index is 12.7. The number of ketones is 2. The Kier molecular flexibility index (Phi) is 43.3. The average Bonchev–Trinajstić information content (AvgIpc) is 3.22. The van der Waals surface area contributed by atoms with Crippen molar-refractivity contribution in [1.29, 1.82) is 0 Å². The summed E-state index contributed by atoms with van der Waals surface area (Å²) >= 11 is 0. The largest absolute Gasteiger partial charge is 0.373 e. The van der Waals surface area contributed by atoms with E-state index in [9.17, 15) is 24.0 Å². The molecule has 14 nitrogen and oxygen atoms in total. The Hall–Kier alpha value is -2.75. The predicted molar refractivity (Wildman–Crippen MR) is 232 cm³/mol. The number of rotatable bonds is 40. The van der Waals surface area contributed by atoms with Gasteiger partial charge in [0.05, 0.1) is 11.8 Å². The van der Waals surface area contributed by atoms with Crippen LogP contribution in [0.1, 0.15) is 200 Å². The van der Waals surface area contributed by atoms with Crippen LogP contribution in [0.5, 0.6) is 0 Å². The summed E-state index contributed by atoms with van der Waals surface area (Å²) in [5.41, 5.74) is 19.0. The number of carbonyl (C=O) groups is 5. The monoisotopic (exact) mass is 827 g/mol. The van der Waals surface area contributed by atoms with Crippen molar-refractivity contribution in [2.24, 2.45) is 40.8 Å². The van der Waals surface area contributed by atoms with E-state index < -0.39 is 35.8 Å². The number of Topliss-reactive ketones (excluding diaryl/α,β-unsaturated/α-hetero) is 2. The van der Waals surface area contributed by atoms with Gasteiger partial charge in [-0.2, -0.15) is 11.8 Å². The van der Waals surface area contributed by atoms with Gasteiger partial charge in [-0.15, -0.1) is 5.48 Å². The molecule has 0 aliphatic heterocycles. The number of hydroxylamine groups is 1. The van der Waals surface area contributed by atoms with Gasteiger partial charge in [-0.25, -0.2) is 4.79 Å². The molecule has 0 saturated heterocycles. The summed E-state index contributed by atoms with van der Waals surface area (Å²) in [7, 11) is 0. The molecule has 3 atom stereocenters. The number of unbranched alkanes of at least 4 members (excludes halogenated alkanes) is 16. The molecule has 0 aromatic heterocycles. The zero-order chi connectivity index (χ0) is 43.5. The Bertz CT molecular complexity index is 1050. The Labute approximate surface area is 351 Å². The van der Waals surface area contributed by atoms with E-state index in [-0.39, 0.29) is 24.4 Å². The van der Waals surface area contributed by atoms with Gasteiger partial charge in [-0.05, 0) is 96.7 Å². The minimum Gasteiger partial charge on any atom is -0.373 e. The fourth-order valence-electron chi connectivity index (χ4n) is 6.51. The number of carbonyl (C=O) groups excluding carboxylic acids is 5. The molecule has 0 bridgehead atoms. The van der Waals surface area contributed by atoms with Crippen LogP contribution in [-0.2, 0) is 38.5 Å². The molecule has 0 aromatic carbocycles. The van der Waals surface area contributed by atoms with Gasteiger partial charge < -0.3 is 31.7 Å². The number of nitrogens with two attached hydrogens (primary N) is 5. The van der Waals surface area contributed by atoms with E-state index in [2.05, 4.69) is 41.2 Å². The minimum atomic E-state index is -0.880.